The van der Waals surface area contributed by atoms with Crippen molar-refractivity contribution in [3.05, 3.63) is 53.9 Å². The molecule has 0 aliphatic carbocycles. The number of aromatic nitrogens is 3. The van der Waals surface area contributed by atoms with Gasteiger partial charge in [-0.25, -0.2) is 15.0 Å². The van der Waals surface area contributed by atoms with Gasteiger partial charge in [0, 0.05) is 31.2 Å². The van der Waals surface area contributed by atoms with E-state index in [1.807, 2.05) is 29.9 Å². The molecule has 0 fully saturated rings. The number of nitrogens with zero attached hydrogens (tertiary/aromatic N) is 5. The van der Waals surface area contributed by atoms with E-state index in [0.29, 0.717) is 5.84 Å². The predicted molar refractivity (Wildman–Crippen MR) is 106 cm³/mol. The third-order valence-corrected chi connectivity index (χ3v) is 5.68. The van der Waals surface area contributed by atoms with E-state index in [-0.39, 0.29) is 0 Å². The maximum Gasteiger partial charge on any atom is 0.174 e. The first-order valence-corrected chi connectivity index (χ1v) is 9.18. The van der Waals surface area contributed by atoms with Gasteiger partial charge >= 0.3 is 0 Å². The maximum absolute atomic E-state index is 4.79. The van der Waals surface area contributed by atoms with Crippen LogP contribution in [-0.4, -0.2) is 34.6 Å². The van der Waals surface area contributed by atoms with Crippen molar-refractivity contribution >= 4 is 45.3 Å². The van der Waals surface area contributed by atoms with Crippen molar-refractivity contribution in [2.75, 3.05) is 7.05 Å². The zero-order valence-electron chi connectivity index (χ0n) is 13.4. The first-order valence-electron chi connectivity index (χ1n) is 7.49. The molecule has 7 heteroatoms. The number of hydrogen-bond acceptors (Lipinski definition) is 6. The lowest BCUT2D eigenvalue weighted by Crippen LogP contribution is -2.01. The Kier molecular flexibility index (Phi) is 4.17. The fourth-order valence-corrected chi connectivity index (χ4v) is 4.25. The van der Waals surface area contributed by atoms with Crippen LogP contribution in [0, 0.1) is 0 Å². The lowest BCUT2D eigenvalue weighted by Gasteiger charge is -2.04. The maximum atomic E-state index is 4.79. The fourth-order valence-electron chi connectivity index (χ4n) is 2.52. The molecule has 4 aromatic heterocycles. The van der Waals surface area contributed by atoms with Crippen molar-refractivity contribution in [3.8, 4) is 21.1 Å². The zero-order valence-corrected chi connectivity index (χ0v) is 15.0. The zero-order chi connectivity index (χ0) is 17.2. The van der Waals surface area contributed by atoms with Crippen LogP contribution in [0.3, 0.4) is 0 Å². The molecule has 122 valence electrons. The van der Waals surface area contributed by atoms with Gasteiger partial charge in [0.1, 0.15) is 10.7 Å². The van der Waals surface area contributed by atoms with Gasteiger partial charge < -0.3 is 0 Å². The minimum Gasteiger partial charge on any atom is -0.268 e. The monoisotopic (exact) mass is 363 g/mol. The minimum atomic E-state index is 0.547. The summed E-state index contributed by atoms with van der Waals surface area (Å²) in [6.07, 6.45) is 5.42. The molecule has 0 amide bonds. The number of pyridine rings is 2. The number of thiophene rings is 1. The molecule has 0 unspecified atom stereocenters. The average Bonchev–Trinajstić information content (AvgIpc) is 3.33. The smallest absolute Gasteiger partial charge is 0.174 e. The van der Waals surface area contributed by atoms with E-state index in [0.717, 1.165) is 36.9 Å². The van der Waals surface area contributed by atoms with Crippen LogP contribution in [0.2, 0.25) is 0 Å². The SMILES string of the molecule is C=NC(=NC)c1nc(-c2cnc(-c3cccnc3)s2)cc2ccsc12. The Labute approximate surface area is 152 Å². The number of rotatable bonds is 3. The Morgan fingerprint density at radius 1 is 1.24 bits per heavy atom. The lowest BCUT2D eigenvalue weighted by atomic mass is 10.2. The van der Waals surface area contributed by atoms with Gasteiger partial charge in [0.05, 0.1) is 15.3 Å². The Morgan fingerprint density at radius 2 is 2.16 bits per heavy atom. The predicted octanol–water partition coefficient (Wildman–Crippen LogP) is 4.56. The van der Waals surface area contributed by atoms with E-state index in [1.165, 1.54) is 0 Å². The number of thiazole rings is 1. The Balaban J connectivity index is 1.85. The normalized spacial score (nSPS) is 11.8. The number of aliphatic imine (C=N–C) groups is 2. The first-order chi connectivity index (χ1) is 12.3. The second-order valence-corrected chi connectivity index (χ2v) is 7.12. The Morgan fingerprint density at radius 3 is 2.92 bits per heavy atom. The van der Waals surface area contributed by atoms with Gasteiger partial charge in [0.25, 0.3) is 0 Å². The van der Waals surface area contributed by atoms with Crippen LogP contribution < -0.4 is 0 Å². The lowest BCUT2D eigenvalue weighted by molar-refractivity contribution is 1.29. The highest BCUT2D eigenvalue weighted by Crippen LogP contribution is 2.34. The van der Waals surface area contributed by atoms with E-state index in [1.54, 1.807) is 35.9 Å². The summed E-state index contributed by atoms with van der Waals surface area (Å²) < 4.78 is 1.06. The molecule has 0 saturated carbocycles. The Hall–Kier alpha value is -2.77. The summed E-state index contributed by atoms with van der Waals surface area (Å²) in [5.74, 6) is 0.547. The molecule has 0 aliphatic rings. The molecule has 4 heterocycles. The number of hydrogen-bond donors (Lipinski definition) is 0. The van der Waals surface area contributed by atoms with E-state index in [9.17, 15) is 0 Å². The summed E-state index contributed by atoms with van der Waals surface area (Å²) >= 11 is 3.22. The highest BCUT2D eigenvalue weighted by atomic mass is 32.1. The largest absolute Gasteiger partial charge is 0.268 e. The second kappa shape index (κ2) is 6.62. The molecule has 25 heavy (non-hydrogen) atoms. The quantitative estimate of drug-likeness (QED) is 0.396. The van der Waals surface area contributed by atoms with Crippen LogP contribution in [-0.2, 0) is 0 Å². The number of amidine groups is 1. The van der Waals surface area contributed by atoms with Gasteiger partial charge in [-0.2, -0.15) is 0 Å². The summed E-state index contributed by atoms with van der Waals surface area (Å²) in [4.78, 5) is 22.7. The van der Waals surface area contributed by atoms with E-state index < -0.39 is 0 Å². The van der Waals surface area contributed by atoms with Crippen LogP contribution >= 0.6 is 22.7 Å². The third-order valence-electron chi connectivity index (χ3n) is 3.68. The van der Waals surface area contributed by atoms with E-state index in [4.69, 9.17) is 4.98 Å². The topological polar surface area (TPSA) is 63.4 Å². The molecule has 0 spiro atoms. The summed E-state index contributed by atoms with van der Waals surface area (Å²) in [5, 5.41) is 4.08. The van der Waals surface area contributed by atoms with Crippen molar-refractivity contribution in [1.29, 1.82) is 0 Å². The van der Waals surface area contributed by atoms with E-state index in [2.05, 4.69) is 38.8 Å². The highest BCUT2D eigenvalue weighted by Gasteiger charge is 2.15. The van der Waals surface area contributed by atoms with Gasteiger partial charge in [0.2, 0.25) is 0 Å². The summed E-state index contributed by atoms with van der Waals surface area (Å²) in [5.41, 5.74) is 2.62. The van der Waals surface area contributed by atoms with Crippen molar-refractivity contribution in [3.63, 3.8) is 0 Å². The highest BCUT2D eigenvalue weighted by molar-refractivity contribution is 7.18. The molecule has 0 atom stereocenters. The standard InChI is InChI=1S/C18H13N5S2/c1-19-17(20-2)15-16-11(5-7-24-16)8-13(23-15)14-10-22-18(25-14)12-4-3-6-21-9-12/h3-10H,1H2,2H3. The molecule has 0 saturated heterocycles. The molecule has 4 aromatic rings. The molecular weight excluding hydrogens is 350 g/mol. The van der Waals surface area contributed by atoms with E-state index >= 15 is 0 Å². The molecule has 0 radical (unpaired) electrons. The average molecular weight is 363 g/mol. The molecule has 0 N–H and O–H groups in total. The minimum absolute atomic E-state index is 0.547. The van der Waals surface area contributed by atoms with Crippen molar-refractivity contribution in [2.45, 2.75) is 0 Å². The van der Waals surface area contributed by atoms with Crippen molar-refractivity contribution < 1.29 is 0 Å². The summed E-state index contributed by atoms with van der Waals surface area (Å²) in [6.45, 7) is 3.61. The van der Waals surface area contributed by atoms with Gasteiger partial charge in [-0.15, -0.1) is 22.7 Å². The van der Waals surface area contributed by atoms with Crippen LogP contribution in [0.4, 0.5) is 0 Å². The first kappa shape index (κ1) is 15.7. The summed E-state index contributed by atoms with van der Waals surface area (Å²) in [7, 11) is 1.70. The van der Waals surface area contributed by atoms with Crippen molar-refractivity contribution in [1.82, 2.24) is 15.0 Å². The van der Waals surface area contributed by atoms with Crippen molar-refractivity contribution in [2.24, 2.45) is 9.98 Å². The van der Waals surface area contributed by atoms with Crippen LogP contribution in [0.1, 0.15) is 5.69 Å². The molecule has 4 rings (SSSR count). The molecule has 5 nitrogen and oxygen atoms in total. The Bertz CT molecular complexity index is 1080. The van der Waals surface area contributed by atoms with Gasteiger partial charge in [-0.1, -0.05) is 0 Å². The van der Waals surface area contributed by atoms with Gasteiger partial charge in [0.15, 0.2) is 5.84 Å². The molecule has 0 bridgehead atoms. The third kappa shape index (κ3) is 2.88. The van der Waals surface area contributed by atoms with Gasteiger partial charge in [-0.3, -0.25) is 9.98 Å². The molecule has 0 aliphatic heterocycles. The van der Waals surface area contributed by atoms with Crippen LogP contribution in [0.15, 0.2) is 58.2 Å². The molecule has 0 aromatic carbocycles. The fraction of sp³-hybridized carbons (Fsp3) is 0.0556. The molecular formula is C18H13N5S2. The second-order valence-electron chi connectivity index (χ2n) is 5.17. The van der Waals surface area contributed by atoms with Crippen LogP contribution in [0.25, 0.3) is 31.2 Å². The van der Waals surface area contributed by atoms with Gasteiger partial charge in [-0.05, 0) is 41.7 Å². The van der Waals surface area contributed by atoms with Crippen LogP contribution in [0.5, 0.6) is 0 Å². The number of fused-ring (bicyclic) bond motifs is 1. The summed E-state index contributed by atoms with van der Waals surface area (Å²) in [6, 6.07) is 8.06.